The number of nitrogens with one attached hydrogen (secondary N) is 1. The Morgan fingerprint density at radius 1 is 1.38 bits per heavy atom. The number of rotatable bonds is 7. The number of aromatic nitrogens is 2. The minimum absolute atomic E-state index is 0.703. The summed E-state index contributed by atoms with van der Waals surface area (Å²) in [6.45, 7) is 12.0. The van der Waals surface area contributed by atoms with E-state index in [1.807, 2.05) is 10.9 Å². The Bertz CT molecular complexity index is 291. The molecule has 0 spiro atoms. The van der Waals surface area contributed by atoms with Crippen LogP contribution in [0.3, 0.4) is 0 Å². The van der Waals surface area contributed by atoms with Crippen LogP contribution in [0.15, 0.2) is 12.4 Å². The lowest BCUT2D eigenvalue weighted by molar-refractivity contribution is 0.363. The van der Waals surface area contributed by atoms with Crippen LogP contribution in [0, 0.1) is 11.8 Å². The molecule has 0 aliphatic carbocycles. The Hall–Kier alpha value is -0.830. The van der Waals surface area contributed by atoms with Gasteiger partial charge in [-0.25, -0.2) is 0 Å². The molecule has 0 radical (unpaired) electrons. The fraction of sp³-hybridized carbons (Fsp3) is 0.769. The highest BCUT2D eigenvalue weighted by molar-refractivity contribution is 5.05. The molecule has 3 heteroatoms. The lowest BCUT2D eigenvalue weighted by Gasteiger charge is -2.20. The predicted octanol–water partition coefficient (Wildman–Crippen LogP) is 2.33. The van der Waals surface area contributed by atoms with Crippen LogP contribution in [0.4, 0.5) is 0 Å². The number of hydrogen-bond acceptors (Lipinski definition) is 2. The minimum Gasteiger partial charge on any atom is -0.317 e. The van der Waals surface area contributed by atoms with Gasteiger partial charge in [-0.1, -0.05) is 20.8 Å². The molecule has 1 N–H and O–H groups in total. The maximum atomic E-state index is 4.32. The van der Waals surface area contributed by atoms with Crippen molar-refractivity contribution in [2.75, 3.05) is 13.1 Å². The minimum atomic E-state index is 0.703. The molecule has 1 rings (SSSR count). The highest BCUT2D eigenvalue weighted by atomic mass is 15.3. The fourth-order valence-electron chi connectivity index (χ4n) is 1.86. The zero-order valence-electron chi connectivity index (χ0n) is 11.0. The Balaban J connectivity index is 2.53. The van der Waals surface area contributed by atoms with Crippen molar-refractivity contribution in [2.24, 2.45) is 11.8 Å². The van der Waals surface area contributed by atoms with Gasteiger partial charge < -0.3 is 5.32 Å². The molecule has 92 valence electrons. The van der Waals surface area contributed by atoms with Crippen molar-refractivity contribution in [1.82, 2.24) is 15.1 Å². The van der Waals surface area contributed by atoms with E-state index in [-0.39, 0.29) is 0 Å². The average Bonchev–Trinajstić information content (AvgIpc) is 2.71. The number of hydrogen-bond donors (Lipinski definition) is 1. The second-order valence-corrected chi connectivity index (χ2v) is 4.72. The fourth-order valence-corrected chi connectivity index (χ4v) is 1.86. The second kappa shape index (κ2) is 6.69. The molecule has 0 saturated carbocycles. The first kappa shape index (κ1) is 13.2. The summed E-state index contributed by atoms with van der Waals surface area (Å²) in [7, 11) is 0. The maximum Gasteiger partial charge on any atom is 0.0521 e. The molecule has 1 aromatic rings. The molecule has 0 bridgehead atoms. The van der Waals surface area contributed by atoms with Gasteiger partial charge in [0.05, 0.1) is 6.20 Å². The predicted molar refractivity (Wildman–Crippen MR) is 68.5 cm³/mol. The van der Waals surface area contributed by atoms with Gasteiger partial charge in [-0.15, -0.1) is 0 Å². The summed E-state index contributed by atoms with van der Waals surface area (Å²) >= 11 is 0. The van der Waals surface area contributed by atoms with Crippen molar-refractivity contribution < 1.29 is 0 Å². The summed E-state index contributed by atoms with van der Waals surface area (Å²) in [5, 5.41) is 7.77. The molecule has 1 aromatic heterocycles. The van der Waals surface area contributed by atoms with E-state index in [4.69, 9.17) is 0 Å². The topological polar surface area (TPSA) is 29.9 Å². The molecule has 1 unspecified atom stereocenters. The third-order valence-corrected chi connectivity index (χ3v) is 3.11. The molecule has 0 aliphatic rings. The first-order valence-electron chi connectivity index (χ1n) is 6.39. The molecular formula is C13H25N3. The van der Waals surface area contributed by atoms with Gasteiger partial charge >= 0.3 is 0 Å². The zero-order chi connectivity index (χ0) is 12.0. The molecule has 3 nitrogen and oxygen atoms in total. The second-order valence-electron chi connectivity index (χ2n) is 4.72. The van der Waals surface area contributed by atoms with Crippen LogP contribution in [-0.4, -0.2) is 22.9 Å². The van der Waals surface area contributed by atoms with Gasteiger partial charge in [-0.3, -0.25) is 4.68 Å². The van der Waals surface area contributed by atoms with Crippen molar-refractivity contribution in [1.29, 1.82) is 0 Å². The van der Waals surface area contributed by atoms with E-state index in [2.05, 4.69) is 44.3 Å². The van der Waals surface area contributed by atoms with Crippen molar-refractivity contribution in [3.63, 3.8) is 0 Å². The maximum absolute atomic E-state index is 4.32. The van der Waals surface area contributed by atoms with Crippen LogP contribution in [0.2, 0.25) is 0 Å². The smallest absolute Gasteiger partial charge is 0.0521 e. The van der Waals surface area contributed by atoms with Crippen molar-refractivity contribution in [3.05, 3.63) is 18.0 Å². The average molecular weight is 223 g/mol. The molecule has 0 saturated heterocycles. The summed E-state index contributed by atoms with van der Waals surface area (Å²) in [5.41, 5.74) is 1.36. The SMILES string of the molecule is CCNCC(Cc1cnn(CC)c1)C(C)C. The lowest BCUT2D eigenvalue weighted by atomic mass is 9.90. The monoisotopic (exact) mass is 223 g/mol. The van der Waals surface area contributed by atoms with Crippen LogP contribution in [0.25, 0.3) is 0 Å². The van der Waals surface area contributed by atoms with Crippen molar-refractivity contribution in [3.8, 4) is 0 Å². The molecule has 1 atom stereocenters. The van der Waals surface area contributed by atoms with E-state index >= 15 is 0 Å². The molecule has 0 aromatic carbocycles. The van der Waals surface area contributed by atoms with Crippen LogP contribution in [-0.2, 0) is 13.0 Å². The molecule has 1 heterocycles. The van der Waals surface area contributed by atoms with Gasteiger partial charge in [-0.2, -0.15) is 5.10 Å². The standard InChI is InChI=1S/C13H25N3/c1-5-14-9-13(11(3)4)7-12-8-15-16(6-2)10-12/h8,10-11,13-14H,5-7,9H2,1-4H3. The van der Waals surface area contributed by atoms with Crippen molar-refractivity contribution in [2.45, 2.75) is 40.7 Å². The van der Waals surface area contributed by atoms with E-state index in [1.54, 1.807) is 0 Å². The van der Waals surface area contributed by atoms with Gasteiger partial charge in [-0.05, 0) is 43.8 Å². The van der Waals surface area contributed by atoms with Crippen molar-refractivity contribution >= 4 is 0 Å². The summed E-state index contributed by atoms with van der Waals surface area (Å²) in [4.78, 5) is 0. The largest absolute Gasteiger partial charge is 0.317 e. The van der Waals surface area contributed by atoms with Crippen LogP contribution in [0.5, 0.6) is 0 Å². The number of aryl methyl sites for hydroxylation is 1. The van der Waals surface area contributed by atoms with Gasteiger partial charge in [0.2, 0.25) is 0 Å². The van der Waals surface area contributed by atoms with Crippen LogP contribution >= 0.6 is 0 Å². The zero-order valence-corrected chi connectivity index (χ0v) is 11.0. The summed E-state index contributed by atoms with van der Waals surface area (Å²) in [6, 6.07) is 0. The molecular weight excluding hydrogens is 198 g/mol. The summed E-state index contributed by atoms with van der Waals surface area (Å²) < 4.78 is 2.00. The highest BCUT2D eigenvalue weighted by Crippen LogP contribution is 2.16. The Kier molecular flexibility index (Phi) is 5.53. The Morgan fingerprint density at radius 3 is 2.62 bits per heavy atom. The van der Waals surface area contributed by atoms with E-state index in [0.717, 1.165) is 26.1 Å². The first-order chi connectivity index (χ1) is 7.67. The molecule has 0 fully saturated rings. The summed E-state index contributed by atoms with van der Waals surface area (Å²) in [6.07, 6.45) is 5.30. The molecule has 16 heavy (non-hydrogen) atoms. The number of nitrogens with zero attached hydrogens (tertiary/aromatic N) is 2. The van der Waals surface area contributed by atoms with E-state index in [1.165, 1.54) is 5.56 Å². The van der Waals surface area contributed by atoms with Crippen LogP contribution < -0.4 is 5.32 Å². The van der Waals surface area contributed by atoms with Gasteiger partial charge in [0.15, 0.2) is 0 Å². The first-order valence-corrected chi connectivity index (χ1v) is 6.39. The quantitative estimate of drug-likeness (QED) is 0.769. The molecule has 0 aliphatic heterocycles. The van der Waals surface area contributed by atoms with Gasteiger partial charge in [0, 0.05) is 12.7 Å². The van der Waals surface area contributed by atoms with E-state index in [0.29, 0.717) is 11.8 Å². The lowest BCUT2D eigenvalue weighted by Crippen LogP contribution is -2.27. The van der Waals surface area contributed by atoms with E-state index < -0.39 is 0 Å². The van der Waals surface area contributed by atoms with E-state index in [9.17, 15) is 0 Å². The van der Waals surface area contributed by atoms with Crippen LogP contribution in [0.1, 0.15) is 33.3 Å². The summed E-state index contributed by atoms with van der Waals surface area (Å²) in [5.74, 6) is 1.42. The third kappa shape index (κ3) is 3.97. The van der Waals surface area contributed by atoms with Gasteiger partial charge in [0.1, 0.15) is 0 Å². The van der Waals surface area contributed by atoms with Gasteiger partial charge in [0.25, 0.3) is 0 Å². The Labute approximate surface area is 99.2 Å². The normalized spacial score (nSPS) is 13.3. The highest BCUT2D eigenvalue weighted by Gasteiger charge is 2.14. The molecule has 0 amide bonds. The Morgan fingerprint density at radius 2 is 2.12 bits per heavy atom. The third-order valence-electron chi connectivity index (χ3n) is 3.11.